The van der Waals surface area contributed by atoms with Crippen molar-refractivity contribution in [2.75, 3.05) is 26.7 Å². The highest BCUT2D eigenvalue weighted by Gasteiger charge is 2.09. The van der Waals surface area contributed by atoms with Crippen LogP contribution in [0.4, 0.5) is 0 Å². The second-order valence-electron chi connectivity index (χ2n) is 6.05. The molecule has 1 atom stereocenters. The Morgan fingerprint density at radius 1 is 1.21 bits per heavy atom. The first-order valence-corrected chi connectivity index (χ1v) is 10.2. The Morgan fingerprint density at radius 3 is 2.61 bits per heavy atom. The van der Waals surface area contributed by atoms with Crippen LogP contribution < -0.4 is 20.1 Å². The Bertz CT molecular complexity index is 724. The largest absolute Gasteiger partial charge is 0.493 e. The van der Waals surface area contributed by atoms with E-state index in [2.05, 4.69) is 34.5 Å². The van der Waals surface area contributed by atoms with Gasteiger partial charge in [0.05, 0.1) is 18.7 Å². The maximum absolute atomic E-state index is 5.96. The molecule has 1 aromatic carbocycles. The minimum atomic E-state index is -0.0668. The molecule has 6 nitrogen and oxygen atoms in total. The molecule has 2 rings (SSSR count). The van der Waals surface area contributed by atoms with Crippen molar-refractivity contribution in [2.45, 2.75) is 39.7 Å². The summed E-state index contributed by atoms with van der Waals surface area (Å²) in [6.45, 7) is 8.36. The Hall–Kier alpha value is -1.55. The number of guanidine groups is 1. The molecule has 1 heterocycles. The molecule has 0 bridgehead atoms. The van der Waals surface area contributed by atoms with E-state index in [9.17, 15) is 0 Å². The molecule has 1 aromatic heterocycles. The van der Waals surface area contributed by atoms with Gasteiger partial charge >= 0.3 is 0 Å². The summed E-state index contributed by atoms with van der Waals surface area (Å²) >= 11 is 1.78. The molecule has 156 valence electrons. The summed E-state index contributed by atoms with van der Waals surface area (Å²) in [6, 6.07) is 7.65. The number of thiazole rings is 1. The Morgan fingerprint density at radius 2 is 1.96 bits per heavy atom. The molecular formula is C20H31IN4O2S. The smallest absolute Gasteiger partial charge is 0.191 e. The third-order valence-electron chi connectivity index (χ3n) is 3.83. The topological polar surface area (TPSA) is 67.8 Å². The second-order valence-corrected chi connectivity index (χ2v) is 7.25. The molecule has 0 aliphatic rings. The molecule has 1 unspecified atom stereocenters. The van der Waals surface area contributed by atoms with Crippen LogP contribution in [0, 0.1) is 0 Å². The molecular weight excluding hydrogens is 487 g/mol. The molecule has 0 amide bonds. The number of benzene rings is 1. The lowest BCUT2D eigenvalue weighted by atomic mass is 10.3. The third kappa shape index (κ3) is 8.22. The number of nitrogens with one attached hydrogen (secondary N) is 2. The van der Waals surface area contributed by atoms with Gasteiger partial charge in [-0.05, 0) is 32.4 Å². The molecule has 2 N–H and O–H groups in total. The predicted molar refractivity (Wildman–Crippen MR) is 128 cm³/mol. The standard InChI is InChI=1S/C20H30N4O2S.HI/c1-5-16-14-23-19(27-16)11-12-22-20(21-6-2)24-13-15(3)26-18-10-8-7-9-17(18)25-4;/h7-10,14-15H,5-6,11-13H2,1-4H3,(H2,21,22,24);1H. The summed E-state index contributed by atoms with van der Waals surface area (Å²) in [6.07, 6.45) is 3.83. The number of ether oxygens (including phenoxy) is 2. The molecule has 28 heavy (non-hydrogen) atoms. The van der Waals surface area contributed by atoms with Crippen molar-refractivity contribution >= 4 is 41.3 Å². The quantitative estimate of drug-likeness (QED) is 0.284. The normalized spacial score (nSPS) is 12.1. The van der Waals surface area contributed by atoms with E-state index in [1.165, 1.54) is 4.88 Å². The van der Waals surface area contributed by atoms with Crippen LogP contribution in [0.5, 0.6) is 11.5 Å². The van der Waals surface area contributed by atoms with Gasteiger partial charge < -0.3 is 20.1 Å². The molecule has 0 fully saturated rings. The number of nitrogens with zero attached hydrogens (tertiary/aromatic N) is 2. The van der Waals surface area contributed by atoms with E-state index in [1.807, 2.05) is 37.4 Å². The van der Waals surface area contributed by atoms with Crippen LogP contribution in [-0.2, 0) is 12.8 Å². The van der Waals surface area contributed by atoms with Gasteiger partial charge in [0.25, 0.3) is 0 Å². The van der Waals surface area contributed by atoms with Crippen LogP contribution in [0.3, 0.4) is 0 Å². The average Bonchev–Trinajstić information content (AvgIpc) is 3.14. The van der Waals surface area contributed by atoms with Crippen molar-refractivity contribution in [3.63, 3.8) is 0 Å². The fraction of sp³-hybridized carbons (Fsp3) is 0.500. The zero-order chi connectivity index (χ0) is 19.5. The van der Waals surface area contributed by atoms with Crippen LogP contribution >= 0.6 is 35.3 Å². The number of aryl methyl sites for hydroxylation is 1. The minimum absolute atomic E-state index is 0. The molecule has 0 saturated carbocycles. The minimum Gasteiger partial charge on any atom is -0.493 e. The third-order valence-corrected chi connectivity index (χ3v) is 5.03. The highest BCUT2D eigenvalue weighted by molar-refractivity contribution is 14.0. The number of methoxy groups -OCH3 is 1. The van der Waals surface area contributed by atoms with E-state index in [-0.39, 0.29) is 30.1 Å². The van der Waals surface area contributed by atoms with Crippen molar-refractivity contribution in [1.82, 2.24) is 15.6 Å². The first-order chi connectivity index (χ1) is 13.2. The highest BCUT2D eigenvalue weighted by atomic mass is 127. The second kappa shape index (κ2) is 13.6. The zero-order valence-electron chi connectivity index (χ0n) is 17.0. The van der Waals surface area contributed by atoms with E-state index < -0.39 is 0 Å². The molecule has 2 aromatic rings. The maximum Gasteiger partial charge on any atom is 0.191 e. The lowest BCUT2D eigenvalue weighted by Crippen LogP contribution is -2.39. The van der Waals surface area contributed by atoms with Crippen LogP contribution in [-0.4, -0.2) is 43.8 Å². The summed E-state index contributed by atoms with van der Waals surface area (Å²) in [5, 5.41) is 7.79. The van der Waals surface area contributed by atoms with Crippen LogP contribution in [0.15, 0.2) is 35.5 Å². The molecule has 0 aliphatic heterocycles. The summed E-state index contributed by atoms with van der Waals surface area (Å²) in [4.78, 5) is 10.4. The Kier molecular flexibility index (Phi) is 11.9. The van der Waals surface area contributed by atoms with Gasteiger partial charge in [0, 0.05) is 30.6 Å². The van der Waals surface area contributed by atoms with Gasteiger partial charge in [0.2, 0.25) is 0 Å². The summed E-state index contributed by atoms with van der Waals surface area (Å²) in [7, 11) is 1.64. The lowest BCUT2D eigenvalue weighted by molar-refractivity contribution is 0.219. The van der Waals surface area contributed by atoms with Crippen molar-refractivity contribution in [3.05, 3.63) is 40.3 Å². The number of aliphatic imine (C=N–C) groups is 1. The van der Waals surface area contributed by atoms with Gasteiger partial charge in [0.1, 0.15) is 6.10 Å². The van der Waals surface area contributed by atoms with Crippen molar-refractivity contribution in [2.24, 2.45) is 4.99 Å². The van der Waals surface area contributed by atoms with Crippen molar-refractivity contribution in [1.29, 1.82) is 0 Å². The Labute approximate surface area is 189 Å². The molecule has 0 aliphatic carbocycles. The van der Waals surface area contributed by atoms with Gasteiger partial charge in [-0.25, -0.2) is 9.98 Å². The summed E-state index contributed by atoms with van der Waals surface area (Å²) in [5.74, 6) is 2.25. The molecule has 0 spiro atoms. The predicted octanol–water partition coefficient (Wildman–Crippen LogP) is 3.90. The number of aromatic nitrogens is 1. The first-order valence-electron chi connectivity index (χ1n) is 9.41. The van der Waals surface area contributed by atoms with E-state index >= 15 is 0 Å². The summed E-state index contributed by atoms with van der Waals surface area (Å²) in [5.41, 5.74) is 0. The van der Waals surface area contributed by atoms with E-state index in [1.54, 1.807) is 18.4 Å². The fourth-order valence-corrected chi connectivity index (χ4v) is 3.31. The van der Waals surface area contributed by atoms with Crippen LogP contribution in [0.25, 0.3) is 0 Å². The molecule has 0 saturated heterocycles. The van der Waals surface area contributed by atoms with Crippen LogP contribution in [0.2, 0.25) is 0 Å². The number of rotatable bonds is 10. The number of para-hydroxylation sites is 2. The van der Waals surface area contributed by atoms with E-state index in [0.29, 0.717) is 6.54 Å². The highest BCUT2D eigenvalue weighted by Crippen LogP contribution is 2.26. The summed E-state index contributed by atoms with van der Waals surface area (Å²) < 4.78 is 11.3. The molecule has 0 radical (unpaired) electrons. The van der Waals surface area contributed by atoms with Gasteiger partial charge in [0.15, 0.2) is 17.5 Å². The lowest BCUT2D eigenvalue weighted by Gasteiger charge is -2.16. The number of hydrogen-bond acceptors (Lipinski definition) is 5. The van der Waals surface area contributed by atoms with Gasteiger partial charge in [-0.3, -0.25) is 0 Å². The zero-order valence-corrected chi connectivity index (χ0v) is 20.2. The van der Waals surface area contributed by atoms with Gasteiger partial charge in [-0.15, -0.1) is 35.3 Å². The SMILES string of the molecule is CCNC(=NCC(C)Oc1ccccc1OC)NCCc1ncc(CC)s1.I. The van der Waals surface area contributed by atoms with E-state index in [4.69, 9.17) is 9.47 Å². The van der Waals surface area contributed by atoms with Gasteiger partial charge in [-0.2, -0.15) is 0 Å². The van der Waals surface area contributed by atoms with E-state index in [0.717, 1.165) is 48.4 Å². The van der Waals surface area contributed by atoms with Crippen molar-refractivity contribution < 1.29 is 9.47 Å². The first kappa shape index (κ1) is 24.5. The maximum atomic E-state index is 5.96. The molecule has 8 heteroatoms. The van der Waals surface area contributed by atoms with Crippen LogP contribution in [0.1, 0.15) is 30.7 Å². The fourth-order valence-electron chi connectivity index (χ4n) is 2.45. The number of halogens is 1. The monoisotopic (exact) mass is 518 g/mol. The number of hydrogen-bond donors (Lipinski definition) is 2. The Balaban J connectivity index is 0.00000392. The average molecular weight is 518 g/mol. The van der Waals surface area contributed by atoms with Gasteiger partial charge in [-0.1, -0.05) is 19.1 Å². The van der Waals surface area contributed by atoms with Crippen molar-refractivity contribution in [3.8, 4) is 11.5 Å².